The summed E-state index contributed by atoms with van der Waals surface area (Å²) in [4.78, 5) is 10.9. The van der Waals surface area contributed by atoms with E-state index in [9.17, 15) is 0 Å². The van der Waals surface area contributed by atoms with Crippen LogP contribution < -0.4 is 4.74 Å². The summed E-state index contributed by atoms with van der Waals surface area (Å²) in [6.45, 7) is 4.81. The highest BCUT2D eigenvalue weighted by molar-refractivity contribution is 5.14. The van der Waals surface area contributed by atoms with E-state index >= 15 is 0 Å². The number of aryl methyl sites for hydroxylation is 1. The van der Waals surface area contributed by atoms with E-state index in [1.54, 1.807) is 12.4 Å². The fraction of sp³-hybridized carbons (Fsp3) is 0.588. The van der Waals surface area contributed by atoms with Crippen LogP contribution in [-0.2, 0) is 6.54 Å². The van der Waals surface area contributed by atoms with Gasteiger partial charge >= 0.3 is 0 Å². The molecule has 0 unspecified atom stereocenters. The molecule has 1 saturated heterocycles. The van der Waals surface area contributed by atoms with E-state index in [1.807, 2.05) is 6.92 Å². The predicted octanol–water partition coefficient (Wildman–Crippen LogP) is 2.69. The van der Waals surface area contributed by atoms with Gasteiger partial charge in [0.05, 0.1) is 17.6 Å². The first-order valence-corrected chi connectivity index (χ1v) is 8.39. The molecule has 2 aliphatic rings. The molecule has 2 aromatic rings. The van der Waals surface area contributed by atoms with Gasteiger partial charge in [-0.2, -0.15) is 0 Å². The van der Waals surface area contributed by atoms with Gasteiger partial charge in [-0.15, -0.1) is 0 Å². The fourth-order valence-corrected chi connectivity index (χ4v) is 3.05. The molecule has 0 N–H and O–H groups in total. The highest BCUT2D eigenvalue weighted by Crippen LogP contribution is 2.40. The zero-order valence-electron chi connectivity index (χ0n) is 13.4. The van der Waals surface area contributed by atoms with Crippen LogP contribution >= 0.6 is 0 Å². The maximum atomic E-state index is 5.94. The molecule has 23 heavy (non-hydrogen) atoms. The molecular formula is C17H22N4O2. The Bertz CT molecular complexity index is 660. The lowest BCUT2D eigenvalue weighted by molar-refractivity contribution is 0.0915. The van der Waals surface area contributed by atoms with Gasteiger partial charge in [0, 0.05) is 37.8 Å². The highest BCUT2D eigenvalue weighted by Gasteiger charge is 2.28. The summed E-state index contributed by atoms with van der Waals surface area (Å²) in [6, 6.07) is 2.13. The molecule has 0 radical (unpaired) electrons. The van der Waals surface area contributed by atoms with Gasteiger partial charge in [0.15, 0.2) is 0 Å². The van der Waals surface area contributed by atoms with Crippen LogP contribution in [0.2, 0.25) is 0 Å². The molecule has 6 nitrogen and oxygen atoms in total. The average molecular weight is 314 g/mol. The normalized spacial score (nSPS) is 19.9. The average Bonchev–Trinajstić information content (AvgIpc) is 3.30. The minimum absolute atomic E-state index is 0.224. The van der Waals surface area contributed by atoms with Crippen molar-refractivity contribution >= 4 is 0 Å². The Labute approximate surface area is 135 Å². The molecule has 1 aliphatic carbocycles. The Kier molecular flexibility index (Phi) is 3.99. The molecule has 0 amide bonds. The molecule has 6 heteroatoms. The van der Waals surface area contributed by atoms with Crippen molar-refractivity contribution in [2.45, 2.75) is 51.2 Å². The van der Waals surface area contributed by atoms with Crippen LogP contribution in [-0.4, -0.2) is 39.2 Å². The van der Waals surface area contributed by atoms with Gasteiger partial charge in [-0.05, 0) is 32.6 Å². The Hall–Kier alpha value is -1.95. The smallest absolute Gasteiger partial charge is 0.232 e. The largest absolute Gasteiger partial charge is 0.473 e. The molecular weight excluding hydrogens is 292 g/mol. The van der Waals surface area contributed by atoms with Crippen molar-refractivity contribution in [3.63, 3.8) is 0 Å². The summed E-state index contributed by atoms with van der Waals surface area (Å²) in [6.07, 6.45) is 8.16. The van der Waals surface area contributed by atoms with Crippen molar-refractivity contribution < 1.29 is 9.26 Å². The van der Waals surface area contributed by atoms with Crippen molar-refractivity contribution in [3.8, 4) is 5.88 Å². The van der Waals surface area contributed by atoms with Crippen LogP contribution in [0.1, 0.15) is 48.7 Å². The molecule has 1 aliphatic heterocycles. The summed E-state index contributed by atoms with van der Waals surface area (Å²) in [5.74, 6) is 2.33. The minimum Gasteiger partial charge on any atom is -0.473 e. The van der Waals surface area contributed by atoms with Crippen LogP contribution in [0, 0.1) is 6.92 Å². The van der Waals surface area contributed by atoms with Gasteiger partial charge in [0.25, 0.3) is 0 Å². The Morgan fingerprint density at radius 2 is 2.04 bits per heavy atom. The number of piperidine rings is 1. The monoisotopic (exact) mass is 314 g/mol. The van der Waals surface area contributed by atoms with Crippen LogP contribution in [0.25, 0.3) is 0 Å². The molecule has 122 valence electrons. The number of hydrogen-bond acceptors (Lipinski definition) is 6. The van der Waals surface area contributed by atoms with Gasteiger partial charge in [-0.3, -0.25) is 9.88 Å². The summed E-state index contributed by atoms with van der Waals surface area (Å²) < 4.78 is 11.4. The summed E-state index contributed by atoms with van der Waals surface area (Å²) in [5, 5.41) is 4.20. The lowest BCUT2D eigenvalue weighted by atomic mass is 10.1. The predicted molar refractivity (Wildman–Crippen MR) is 84.2 cm³/mol. The van der Waals surface area contributed by atoms with Gasteiger partial charge < -0.3 is 9.26 Å². The first-order chi connectivity index (χ1) is 11.3. The van der Waals surface area contributed by atoms with E-state index in [0.717, 1.165) is 49.6 Å². The standard InChI is InChI=1S/C17H22N4O2/c1-12-9-18-10-17(19-12)22-15-4-6-21(7-5-15)11-14-8-16(23-20-14)13-2-3-13/h8-10,13,15H,2-7,11H2,1H3. The van der Waals surface area contributed by atoms with Gasteiger partial charge in [-0.25, -0.2) is 4.98 Å². The van der Waals surface area contributed by atoms with Crippen molar-refractivity contribution in [2.75, 3.05) is 13.1 Å². The number of likely N-dealkylation sites (tertiary alicyclic amines) is 1. The summed E-state index contributed by atoms with van der Waals surface area (Å²) in [5.41, 5.74) is 1.94. The maximum absolute atomic E-state index is 5.94. The molecule has 0 spiro atoms. The third kappa shape index (κ3) is 3.69. The van der Waals surface area contributed by atoms with E-state index in [-0.39, 0.29) is 6.10 Å². The van der Waals surface area contributed by atoms with Crippen molar-refractivity contribution in [3.05, 3.63) is 35.6 Å². The van der Waals surface area contributed by atoms with Gasteiger partial charge in [-0.1, -0.05) is 5.16 Å². The van der Waals surface area contributed by atoms with Crippen LogP contribution in [0.5, 0.6) is 5.88 Å². The minimum atomic E-state index is 0.224. The first kappa shape index (κ1) is 14.6. The Morgan fingerprint density at radius 1 is 1.22 bits per heavy atom. The number of hydrogen-bond donors (Lipinski definition) is 0. The maximum Gasteiger partial charge on any atom is 0.232 e. The second-order valence-electron chi connectivity index (χ2n) is 6.59. The van der Waals surface area contributed by atoms with Gasteiger partial charge in [0.1, 0.15) is 11.9 Å². The third-order valence-electron chi connectivity index (χ3n) is 4.50. The SMILES string of the molecule is Cc1cncc(OC2CCN(Cc3cc(C4CC4)on3)CC2)n1. The lowest BCUT2D eigenvalue weighted by Gasteiger charge is -2.31. The van der Waals surface area contributed by atoms with Crippen molar-refractivity contribution in [1.82, 2.24) is 20.0 Å². The van der Waals surface area contributed by atoms with Crippen LogP contribution in [0.3, 0.4) is 0 Å². The van der Waals surface area contributed by atoms with Crippen molar-refractivity contribution in [1.29, 1.82) is 0 Å². The molecule has 2 fully saturated rings. The molecule has 0 bridgehead atoms. The van der Waals surface area contributed by atoms with Crippen LogP contribution in [0.15, 0.2) is 23.0 Å². The quantitative estimate of drug-likeness (QED) is 0.845. The number of rotatable bonds is 5. The van der Waals surface area contributed by atoms with Gasteiger partial charge in [0.2, 0.25) is 5.88 Å². The zero-order chi connectivity index (χ0) is 15.6. The Balaban J connectivity index is 1.26. The summed E-state index contributed by atoms with van der Waals surface area (Å²) >= 11 is 0. The Morgan fingerprint density at radius 3 is 2.78 bits per heavy atom. The second-order valence-corrected chi connectivity index (χ2v) is 6.59. The number of nitrogens with zero attached hydrogens (tertiary/aromatic N) is 4. The zero-order valence-corrected chi connectivity index (χ0v) is 13.4. The number of ether oxygens (including phenoxy) is 1. The van der Waals surface area contributed by atoms with Crippen molar-refractivity contribution in [2.24, 2.45) is 0 Å². The summed E-state index contributed by atoms with van der Waals surface area (Å²) in [7, 11) is 0. The van der Waals surface area contributed by atoms with E-state index in [2.05, 4.69) is 26.1 Å². The molecule has 4 rings (SSSR count). The molecule has 2 aromatic heterocycles. The number of aromatic nitrogens is 3. The highest BCUT2D eigenvalue weighted by atomic mass is 16.5. The topological polar surface area (TPSA) is 64.3 Å². The van der Waals surface area contributed by atoms with Crippen LogP contribution in [0.4, 0.5) is 0 Å². The van der Waals surface area contributed by atoms with E-state index in [0.29, 0.717) is 11.8 Å². The first-order valence-electron chi connectivity index (χ1n) is 8.39. The lowest BCUT2D eigenvalue weighted by Crippen LogP contribution is -2.38. The molecule has 0 atom stereocenters. The van der Waals surface area contributed by atoms with E-state index in [1.165, 1.54) is 12.8 Å². The van der Waals surface area contributed by atoms with E-state index < -0.39 is 0 Å². The third-order valence-corrected chi connectivity index (χ3v) is 4.50. The van der Waals surface area contributed by atoms with E-state index in [4.69, 9.17) is 9.26 Å². The molecule has 3 heterocycles. The molecule has 1 saturated carbocycles. The fourth-order valence-electron chi connectivity index (χ4n) is 3.05. The second kappa shape index (κ2) is 6.28. The molecule has 0 aromatic carbocycles.